The van der Waals surface area contributed by atoms with Crippen LogP contribution in [0.15, 0.2) is 224 Å². The van der Waals surface area contributed by atoms with Gasteiger partial charge in [-0.15, -0.1) is 0 Å². The van der Waals surface area contributed by atoms with Crippen LogP contribution in [0.1, 0.15) is 0 Å². The van der Waals surface area contributed by atoms with Gasteiger partial charge < -0.3 is 4.57 Å². The van der Waals surface area contributed by atoms with Crippen LogP contribution in [-0.2, 0) is 0 Å². The Hall–Kier alpha value is -8.41. The lowest BCUT2D eigenvalue weighted by atomic mass is 9.99. The first-order valence-corrected chi connectivity index (χ1v) is 21.0. The number of rotatable bonds is 7. The van der Waals surface area contributed by atoms with E-state index in [1.165, 1.54) is 21.9 Å². The van der Waals surface area contributed by atoms with Crippen LogP contribution >= 0.6 is 0 Å². The van der Waals surface area contributed by atoms with Crippen molar-refractivity contribution in [2.24, 2.45) is 0 Å². The summed E-state index contributed by atoms with van der Waals surface area (Å²) in [6, 6.07) is 79.2. The summed E-state index contributed by atoms with van der Waals surface area (Å²) < 4.78 is 4.59. The summed E-state index contributed by atoms with van der Waals surface area (Å²) in [7, 11) is 0. The summed E-state index contributed by atoms with van der Waals surface area (Å²) in [5.74, 6) is 1.74. The first kappa shape index (κ1) is 35.5. The van der Waals surface area contributed by atoms with Crippen molar-refractivity contribution in [1.82, 2.24) is 24.1 Å². The van der Waals surface area contributed by atoms with Crippen LogP contribution in [0.25, 0.3) is 111 Å². The van der Waals surface area contributed by atoms with Gasteiger partial charge >= 0.3 is 0 Å². The number of hydrogen-bond acceptors (Lipinski definition) is 3. The molecule has 0 atom stereocenters. The molecule has 0 amide bonds. The lowest BCUT2D eigenvalue weighted by molar-refractivity contribution is 0.952. The normalized spacial score (nSPS) is 11.5. The molecule has 5 heteroatoms. The van der Waals surface area contributed by atoms with Gasteiger partial charge in [-0.25, -0.2) is 4.98 Å². The van der Waals surface area contributed by atoms with Gasteiger partial charge in [0.2, 0.25) is 5.95 Å². The van der Waals surface area contributed by atoms with Crippen molar-refractivity contribution in [3.63, 3.8) is 0 Å². The number of benzene rings is 9. The highest BCUT2D eigenvalue weighted by molar-refractivity contribution is 6.12. The minimum atomic E-state index is 0.556. The zero-order valence-corrected chi connectivity index (χ0v) is 33.6. The predicted molar refractivity (Wildman–Crippen MR) is 256 cm³/mol. The summed E-state index contributed by atoms with van der Waals surface area (Å²) in [6.45, 7) is 0. The predicted octanol–water partition coefficient (Wildman–Crippen LogP) is 14.4. The first-order valence-electron chi connectivity index (χ1n) is 21.0. The minimum absolute atomic E-state index is 0.556. The van der Waals surface area contributed by atoms with Gasteiger partial charge in [0.1, 0.15) is 0 Å². The van der Waals surface area contributed by atoms with E-state index in [9.17, 15) is 0 Å². The molecule has 0 unspecified atom stereocenters. The monoisotopic (exact) mass is 791 g/mol. The Morgan fingerprint density at radius 1 is 0.258 bits per heavy atom. The fourth-order valence-electron chi connectivity index (χ4n) is 9.15. The van der Waals surface area contributed by atoms with E-state index in [0.29, 0.717) is 17.6 Å². The van der Waals surface area contributed by atoms with E-state index in [-0.39, 0.29) is 0 Å². The molecule has 0 radical (unpaired) electrons. The Kier molecular flexibility index (Phi) is 8.42. The summed E-state index contributed by atoms with van der Waals surface area (Å²) in [4.78, 5) is 16.3. The largest absolute Gasteiger partial charge is 0.308 e. The highest BCUT2D eigenvalue weighted by Crippen LogP contribution is 2.40. The molecule has 0 aliphatic rings. The maximum atomic E-state index is 5.46. The Bertz CT molecular complexity index is 3470. The highest BCUT2D eigenvalue weighted by atomic mass is 15.2. The number of nitrogens with zero attached hydrogens (tertiary/aromatic N) is 5. The quantitative estimate of drug-likeness (QED) is 0.162. The number of fused-ring (bicyclic) bond motifs is 6. The minimum Gasteiger partial charge on any atom is -0.308 e. The number of para-hydroxylation sites is 3. The summed E-state index contributed by atoms with van der Waals surface area (Å²) in [5.41, 5.74) is 13.8. The van der Waals surface area contributed by atoms with Crippen LogP contribution in [0, 0.1) is 0 Å². The van der Waals surface area contributed by atoms with Crippen LogP contribution in [0.3, 0.4) is 0 Å². The van der Waals surface area contributed by atoms with E-state index in [4.69, 9.17) is 15.0 Å². The summed E-state index contributed by atoms with van der Waals surface area (Å²) >= 11 is 0. The fourth-order valence-corrected chi connectivity index (χ4v) is 9.15. The maximum absolute atomic E-state index is 5.46. The Morgan fingerprint density at radius 2 is 0.677 bits per heavy atom. The van der Waals surface area contributed by atoms with Crippen molar-refractivity contribution in [2.45, 2.75) is 0 Å². The molecule has 0 saturated carbocycles. The molecular formula is C57H37N5. The van der Waals surface area contributed by atoms with E-state index in [0.717, 1.165) is 71.9 Å². The molecule has 0 spiro atoms. The van der Waals surface area contributed by atoms with Gasteiger partial charge in [-0.3, -0.25) is 4.57 Å². The standard InChI is InChI=1S/C57H37N5/c1-4-18-38(19-5-1)41-32-34-46-47-35-33-42(39-20-6-2-7-21-39)37-54(47)61(53(46)36-41)52-31-17-14-28-49(52)56-58-55(48-27-11-10-24-43(48)40-22-8-3-9-23-40)59-57(60-56)62-50-29-15-12-25-44(50)45-26-13-16-30-51(45)62/h1-37H. The third-order valence-electron chi connectivity index (χ3n) is 12.0. The van der Waals surface area contributed by atoms with Gasteiger partial charge in [-0.2, -0.15) is 9.97 Å². The van der Waals surface area contributed by atoms with Crippen molar-refractivity contribution in [3.8, 4) is 67.8 Å². The molecule has 3 aromatic heterocycles. The van der Waals surface area contributed by atoms with Crippen molar-refractivity contribution < 1.29 is 0 Å². The highest BCUT2D eigenvalue weighted by Gasteiger charge is 2.23. The molecule has 290 valence electrons. The third kappa shape index (κ3) is 5.90. The van der Waals surface area contributed by atoms with Gasteiger partial charge in [0.05, 0.1) is 27.8 Å². The molecule has 62 heavy (non-hydrogen) atoms. The Balaban J connectivity index is 1.16. The smallest absolute Gasteiger partial charge is 0.238 e. The Morgan fingerprint density at radius 3 is 1.24 bits per heavy atom. The van der Waals surface area contributed by atoms with Gasteiger partial charge in [0, 0.05) is 32.7 Å². The van der Waals surface area contributed by atoms with Gasteiger partial charge in [0.25, 0.3) is 0 Å². The molecule has 0 N–H and O–H groups in total. The second kappa shape index (κ2) is 14.7. The third-order valence-corrected chi connectivity index (χ3v) is 12.0. The topological polar surface area (TPSA) is 48.5 Å². The van der Waals surface area contributed by atoms with Crippen LogP contribution < -0.4 is 0 Å². The SMILES string of the molecule is c1ccc(-c2ccc3c4ccc(-c5ccccc5)cc4n(-c4ccccc4-c4nc(-c5ccccc5-c5ccccc5)nc(-n5c6ccccc6c6ccccc65)n4)c3c2)cc1. The molecule has 0 saturated heterocycles. The average Bonchev–Trinajstić information content (AvgIpc) is 3.87. The molecule has 0 aliphatic heterocycles. The first-order chi connectivity index (χ1) is 30.8. The molecule has 9 aromatic carbocycles. The van der Waals surface area contributed by atoms with Crippen LogP contribution in [-0.4, -0.2) is 24.1 Å². The van der Waals surface area contributed by atoms with Crippen molar-refractivity contribution in [1.29, 1.82) is 0 Å². The Labute approximate surface area is 358 Å². The van der Waals surface area contributed by atoms with Crippen molar-refractivity contribution in [2.75, 3.05) is 0 Å². The second-order valence-corrected chi connectivity index (χ2v) is 15.6. The van der Waals surface area contributed by atoms with Crippen LogP contribution in [0.4, 0.5) is 0 Å². The lowest BCUT2D eigenvalue weighted by Gasteiger charge is -2.16. The lowest BCUT2D eigenvalue weighted by Crippen LogP contribution is -2.08. The fraction of sp³-hybridized carbons (Fsp3) is 0. The van der Waals surface area contributed by atoms with Crippen LogP contribution in [0.2, 0.25) is 0 Å². The molecule has 0 bridgehead atoms. The molecule has 5 nitrogen and oxygen atoms in total. The molecule has 12 aromatic rings. The second-order valence-electron chi connectivity index (χ2n) is 15.6. The molecule has 0 aliphatic carbocycles. The molecule has 3 heterocycles. The van der Waals surface area contributed by atoms with Gasteiger partial charge in [-0.1, -0.05) is 188 Å². The van der Waals surface area contributed by atoms with E-state index in [1.54, 1.807) is 0 Å². The molecule has 0 fully saturated rings. The van der Waals surface area contributed by atoms with E-state index in [2.05, 4.69) is 228 Å². The summed E-state index contributed by atoms with van der Waals surface area (Å²) in [5, 5.41) is 4.64. The van der Waals surface area contributed by atoms with Crippen molar-refractivity contribution in [3.05, 3.63) is 224 Å². The van der Waals surface area contributed by atoms with Gasteiger partial charge in [0.15, 0.2) is 11.6 Å². The van der Waals surface area contributed by atoms with E-state index in [1.807, 2.05) is 6.07 Å². The molecule has 12 rings (SSSR count). The summed E-state index contributed by atoms with van der Waals surface area (Å²) in [6.07, 6.45) is 0. The molecular weight excluding hydrogens is 755 g/mol. The zero-order chi connectivity index (χ0) is 41.0. The number of aromatic nitrogens is 5. The average molecular weight is 792 g/mol. The van der Waals surface area contributed by atoms with E-state index >= 15 is 0 Å². The van der Waals surface area contributed by atoms with Crippen LogP contribution in [0.5, 0.6) is 0 Å². The van der Waals surface area contributed by atoms with E-state index < -0.39 is 0 Å². The maximum Gasteiger partial charge on any atom is 0.238 e. The van der Waals surface area contributed by atoms with Crippen molar-refractivity contribution >= 4 is 43.6 Å². The van der Waals surface area contributed by atoms with Gasteiger partial charge in [-0.05, 0) is 69.8 Å². The zero-order valence-electron chi connectivity index (χ0n) is 33.6. The number of hydrogen-bond donors (Lipinski definition) is 0.